The molecule has 0 bridgehead atoms. The normalized spacial score (nSPS) is 15.1. The monoisotopic (exact) mass is 244 g/mol. The van der Waals surface area contributed by atoms with Gasteiger partial charge in [0.05, 0.1) is 11.3 Å². The first-order valence-corrected chi connectivity index (χ1v) is 6.27. The van der Waals surface area contributed by atoms with Gasteiger partial charge in [-0.2, -0.15) is 0 Å². The van der Waals surface area contributed by atoms with Gasteiger partial charge in [0.25, 0.3) is 0 Å². The summed E-state index contributed by atoms with van der Waals surface area (Å²) in [5.74, 6) is 1.82. The van der Waals surface area contributed by atoms with Crippen molar-refractivity contribution in [2.75, 3.05) is 5.73 Å². The number of nitrogen functional groups attached to an aromatic ring is 1. The van der Waals surface area contributed by atoms with Crippen molar-refractivity contribution < 1.29 is 5.11 Å². The van der Waals surface area contributed by atoms with Crippen molar-refractivity contribution in [3.05, 3.63) is 24.0 Å². The molecule has 5 nitrogen and oxygen atoms in total. The summed E-state index contributed by atoms with van der Waals surface area (Å²) in [6.07, 6.45) is 4.45. The van der Waals surface area contributed by atoms with Crippen molar-refractivity contribution in [2.45, 2.75) is 32.2 Å². The summed E-state index contributed by atoms with van der Waals surface area (Å²) in [5, 5.41) is 18.5. The van der Waals surface area contributed by atoms with Gasteiger partial charge in [0, 0.05) is 13.0 Å². The van der Waals surface area contributed by atoms with Gasteiger partial charge in [-0.25, -0.2) is 0 Å². The molecule has 0 radical (unpaired) electrons. The number of aromatic hydroxyl groups is 1. The molecule has 0 spiro atoms. The molecular weight excluding hydrogens is 228 g/mol. The minimum Gasteiger partial charge on any atom is -0.505 e. The van der Waals surface area contributed by atoms with Crippen LogP contribution in [0.25, 0.3) is 11.4 Å². The van der Waals surface area contributed by atoms with E-state index in [-0.39, 0.29) is 5.75 Å². The van der Waals surface area contributed by atoms with Crippen LogP contribution in [0.2, 0.25) is 0 Å². The van der Waals surface area contributed by atoms with Gasteiger partial charge in [-0.05, 0) is 25.0 Å². The minimum atomic E-state index is 0.0944. The van der Waals surface area contributed by atoms with Crippen molar-refractivity contribution in [3.63, 3.8) is 0 Å². The molecule has 0 unspecified atom stereocenters. The molecule has 18 heavy (non-hydrogen) atoms. The van der Waals surface area contributed by atoms with Gasteiger partial charge in [0.1, 0.15) is 11.6 Å². The molecule has 1 aliphatic heterocycles. The van der Waals surface area contributed by atoms with E-state index in [9.17, 15) is 5.11 Å². The van der Waals surface area contributed by atoms with Crippen LogP contribution in [-0.2, 0) is 13.0 Å². The van der Waals surface area contributed by atoms with Crippen LogP contribution in [0.3, 0.4) is 0 Å². The van der Waals surface area contributed by atoms with E-state index < -0.39 is 0 Å². The van der Waals surface area contributed by atoms with Crippen LogP contribution in [0.15, 0.2) is 18.2 Å². The Balaban J connectivity index is 2.12. The number of anilines is 1. The van der Waals surface area contributed by atoms with E-state index in [1.165, 1.54) is 6.42 Å². The highest BCUT2D eigenvalue weighted by Crippen LogP contribution is 2.33. The topological polar surface area (TPSA) is 77.0 Å². The highest BCUT2D eigenvalue weighted by Gasteiger charge is 2.18. The van der Waals surface area contributed by atoms with E-state index >= 15 is 0 Å². The lowest BCUT2D eigenvalue weighted by Gasteiger charge is -2.09. The summed E-state index contributed by atoms with van der Waals surface area (Å²) in [6, 6.07) is 5.33. The van der Waals surface area contributed by atoms with Crippen LogP contribution in [0.1, 0.15) is 25.1 Å². The maximum Gasteiger partial charge on any atom is 0.167 e. The number of phenols is 1. The first-order valence-electron chi connectivity index (χ1n) is 6.27. The number of hydrogen-bond acceptors (Lipinski definition) is 4. The van der Waals surface area contributed by atoms with Crippen LogP contribution in [-0.4, -0.2) is 19.9 Å². The fraction of sp³-hybridized carbons (Fsp3) is 0.385. The summed E-state index contributed by atoms with van der Waals surface area (Å²) in [7, 11) is 0. The largest absolute Gasteiger partial charge is 0.505 e. The lowest BCUT2D eigenvalue weighted by atomic mass is 10.1. The average molecular weight is 244 g/mol. The van der Waals surface area contributed by atoms with E-state index in [1.54, 1.807) is 6.07 Å². The predicted molar refractivity (Wildman–Crippen MR) is 69.1 cm³/mol. The van der Waals surface area contributed by atoms with E-state index in [0.29, 0.717) is 11.3 Å². The second-order valence-corrected chi connectivity index (χ2v) is 4.65. The molecule has 0 atom stereocenters. The Morgan fingerprint density at radius 2 is 2.06 bits per heavy atom. The molecule has 0 fully saturated rings. The predicted octanol–water partition coefficient (Wildman–Crippen LogP) is 1.96. The van der Waals surface area contributed by atoms with Crippen LogP contribution in [0.4, 0.5) is 5.69 Å². The van der Waals surface area contributed by atoms with Crippen LogP contribution >= 0.6 is 0 Å². The van der Waals surface area contributed by atoms with Crippen molar-refractivity contribution in [3.8, 4) is 17.1 Å². The van der Waals surface area contributed by atoms with Gasteiger partial charge >= 0.3 is 0 Å². The molecule has 1 aliphatic rings. The van der Waals surface area contributed by atoms with Gasteiger partial charge in [-0.15, -0.1) is 10.2 Å². The number of nitrogens with zero attached hydrogens (tertiary/aromatic N) is 3. The summed E-state index contributed by atoms with van der Waals surface area (Å²) in [6.45, 7) is 0.909. The number of hydrogen-bond donors (Lipinski definition) is 2. The number of aromatic nitrogens is 3. The van der Waals surface area contributed by atoms with Gasteiger partial charge in [-0.1, -0.05) is 12.5 Å². The highest BCUT2D eigenvalue weighted by atomic mass is 16.3. The molecule has 0 saturated carbocycles. The molecule has 2 heterocycles. The number of phenolic OH excluding ortho intramolecular Hbond substituents is 1. The van der Waals surface area contributed by atoms with Crippen molar-refractivity contribution >= 4 is 5.69 Å². The number of aryl methyl sites for hydroxylation is 1. The number of benzene rings is 1. The quantitative estimate of drug-likeness (QED) is 0.594. The van der Waals surface area contributed by atoms with E-state index in [1.807, 2.05) is 12.1 Å². The van der Waals surface area contributed by atoms with Crippen molar-refractivity contribution in [2.24, 2.45) is 0 Å². The summed E-state index contributed by atoms with van der Waals surface area (Å²) in [4.78, 5) is 0. The van der Waals surface area contributed by atoms with Crippen LogP contribution in [0.5, 0.6) is 5.75 Å². The van der Waals surface area contributed by atoms with E-state index in [0.717, 1.165) is 37.5 Å². The Labute approximate surface area is 105 Å². The maximum absolute atomic E-state index is 10.0. The summed E-state index contributed by atoms with van der Waals surface area (Å²) >= 11 is 0. The highest BCUT2D eigenvalue weighted by molar-refractivity contribution is 5.72. The number of fused-ring (bicyclic) bond motifs is 1. The fourth-order valence-electron chi connectivity index (χ4n) is 2.43. The molecule has 5 heteroatoms. The molecular formula is C13H16N4O. The van der Waals surface area contributed by atoms with Gasteiger partial charge in [0.15, 0.2) is 5.82 Å². The molecule has 1 aromatic carbocycles. The fourth-order valence-corrected chi connectivity index (χ4v) is 2.43. The molecule has 3 N–H and O–H groups in total. The SMILES string of the molecule is Nc1cccc(-c2nnc3n2CCCCC3)c1O. The van der Waals surface area contributed by atoms with Crippen LogP contribution < -0.4 is 5.73 Å². The third-order valence-electron chi connectivity index (χ3n) is 3.42. The Hall–Kier alpha value is -2.04. The molecule has 0 saturated heterocycles. The zero-order chi connectivity index (χ0) is 12.5. The molecule has 2 aromatic rings. The Morgan fingerprint density at radius 1 is 1.17 bits per heavy atom. The molecule has 0 amide bonds. The van der Waals surface area contributed by atoms with E-state index in [4.69, 9.17) is 5.73 Å². The van der Waals surface area contributed by atoms with Gasteiger partial charge in [-0.3, -0.25) is 0 Å². The Bertz CT molecular complexity index is 576. The maximum atomic E-state index is 10.0. The summed E-state index contributed by atoms with van der Waals surface area (Å²) < 4.78 is 2.10. The second-order valence-electron chi connectivity index (χ2n) is 4.65. The first-order chi connectivity index (χ1) is 8.77. The lowest BCUT2D eigenvalue weighted by molar-refractivity contribution is 0.479. The van der Waals surface area contributed by atoms with E-state index in [2.05, 4.69) is 14.8 Å². The first kappa shape index (κ1) is 11.1. The average Bonchev–Trinajstić information content (AvgIpc) is 2.62. The Morgan fingerprint density at radius 3 is 2.94 bits per heavy atom. The van der Waals surface area contributed by atoms with Crippen molar-refractivity contribution in [1.29, 1.82) is 0 Å². The van der Waals surface area contributed by atoms with Gasteiger partial charge < -0.3 is 15.4 Å². The second kappa shape index (κ2) is 4.33. The molecule has 1 aromatic heterocycles. The van der Waals surface area contributed by atoms with Crippen molar-refractivity contribution in [1.82, 2.24) is 14.8 Å². The molecule has 0 aliphatic carbocycles. The zero-order valence-corrected chi connectivity index (χ0v) is 10.1. The summed E-state index contributed by atoms with van der Waals surface area (Å²) in [5.41, 5.74) is 6.76. The third kappa shape index (κ3) is 1.72. The number of rotatable bonds is 1. The zero-order valence-electron chi connectivity index (χ0n) is 10.1. The third-order valence-corrected chi connectivity index (χ3v) is 3.42. The Kier molecular flexibility index (Phi) is 2.66. The standard InChI is InChI=1S/C13H16N4O/c14-10-6-4-5-9(12(10)18)13-16-15-11-7-2-1-3-8-17(11)13/h4-6,18H,1-3,7-8,14H2. The molecule has 3 rings (SSSR count). The smallest absolute Gasteiger partial charge is 0.167 e. The minimum absolute atomic E-state index is 0.0944. The lowest BCUT2D eigenvalue weighted by Crippen LogP contribution is -2.03. The van der Waals surface area contributed by atoms with Gasteiger partial charge in [0.2, 0.25) is 0 Å². The van der Waals surface area contributed by atoms with Crippen LogP contribution in [0, 0.1) is 0 Å². The number of nitrogens with two attached hydrogens (primary N) is 1. The molecule has 94 valence electrons. The number of para-hydroxylation sites is 1.